The van der Waals surface area contributed by atoms with E-state index in [1.165, 1.54) is 0 Å². The van der Waals surface area contributed by atoms with Crippen LogP contribution in [0.4, 0.5) is 0 Å². The van der Waals surface area contributed by atoms with Gasteiger partial charge in [0.2, 0.25) is 0 Å². The van der Waals surface area contributed by atoms with Crippen molar-refractivity contribution in [2.24, 2.45) is 0 Å². The van der Waals surface area contributed by atoms with Gasteiger partial charge in [-0.15, -0.1) is 0 Å². The summed E-state index contributed by atoms with van der Waals surface area (Å²) in [6.45, 7) is 1.40. The second-order valence-corrected chi connectivity index (χ2v) is 4.31. The van der Waals surface area contributed by atoms with E-state index >= 15 is 0 Å². The number of amides is 1. The first-order chi connectivity index (χ1) is 8.86. The fourth-order valence-electron chi connectivity index (χ4n) is 1.37. The highest BCUT2D eigenvalue weighted by Crippen LogP contribution is 2.08. The summed E-state index contributed by atoms with van der Waals surface area (Å²) >= 11 is 0. The van der Waals surface area contributed by atoms with Crippen molar-refractivity contribution in [3.8, 4) is 0 Å². The number of hydrogen-bond acceptors (Lipinski definition) is 7. The molecule has 0 rings (SSSR count). The Morgan fingerprint density at radius 1 is 1.05 bits per heavy atom. The molecule has 0 unspecified atom stereocenters. The Balaban J connectivity index is 4.37. The van der Waals surface area contributed by atoms with Crippen LogP contribution in [-0.4, -0.2) is 80.2 Å². The fraction of sp³-hybridized carbons (Fsp3) is 0.909. The van der Waals surface area contributed by atoms with Gasteiger partial charge in [0.25, 0.3) is 5.91 Å². The van der Waals surface area contributed by atoms with E-state index in [0.29, 0.717) is 13.0 Å². The Hall–Kier alpha value is -0.770. The summed E-state index contributed by atoms with van der Waals surface area (Å²) in [6, 6.07) is 0. The predicted molar refractivity (Wildman–Crippen MR) is 65.0 cm³/mol. The minimum Gasteiger partial charge on any atom is -0.394 e. The zero-order valence-corrected chi connectivity index (χ0v) is 10.8. The first-order valence-corrected chi connectivity index (χ1v) is 6.15. The normalized spacial score (nSPS) is 19.3. The van der Waals surface area contributed by atoms with Crippen LogP contribution in [0.1, 0.15) is 19.8 Å². The molecule has 5 atom stereocenters. The number of nitrogens with one attached hydrogen (secondary N) is 1. The molecule has 1 amide bonds. The molecule has 0 fully saturated rings. The molecule has 8 nitrogen and oxygen atoms in total. The molecule has 0 saturated carbocycles. The topological polar surface area (TPSA) is 150 Å². The number of carbonyl (C=O) groups excluding carboxylic acids is 1. The van der Waals surface area contributed by atoms with Crippen molar-refractivity contribution < 1.29 is 35.4 Å². The second-order valence-electron chi connectivity index (χ2n) is 4.31. The third kappa shape index (κ3) is 5.81. The largest absolute Gasteiger partial charge is 0.394 e. The van der Waals surface area contributed by atoms with Crippen LogP contribution in [0.25, 0.3) is 0 Å². The molecule has 0 aliphatic carbocycles. The van der Waals surface area contributed by atoms with Crippen LogP contribution in [0.15, 0.2) is 0 Å². The molecule has 0 heterocycles. The minimum absolute atomic E-state index is 0.316. The third-order valence-electron chi connectivity index (χ3n) is 2.70. The van der Waals surface area contributed by atoms with Gasteiger partial charge >= 0.3 is 0 Å². The number of aliphatic hydroxyl groups excluding tert-OH is 6. The minimum atomic E-state index is -1.97. The number of carbonyl (C=O) groups is 1. The molecule has 0 bridgehead atoms. The molecule has 0 aromatic rings. The van der Waals surface area contributed by atoms with Crippen molar-refractivity contribution in [1.82, 2.24) is 5.32 Å². The molecule has 114 valence electrons. The van der Waals surface area contributed by atoms with Crippen molar-refractivity contribution in [3.63, 3.8) is 0 Å². The summed E-state index contributed by atoms with van der Waals surface area (Å²) in [6.07, 6.45) is -7.90. The number of rotatable bonds is 9. The summed E-state index contributed by atoms with van der Waals surface area (Å²) in [5.74, 6) is -0.884. The van der Waals surface area contributed by atoms with Crippen LogP contribution in [0, 0.1) is 0 Å². The average molecular weight is 281 g/mol. The molecule has 0 aromatic heterocycles. The quantitative estimate of drug-likeness (QED) is 0.219. The maximum atomic E-state index is 11.4. The third-order valence-corrected chi connectivity index (χ3v) is 2.70. The first kappa shape index (κ1) is 18.2. The Bertz CT molecular complexity index is 263. The van der Waals surface area contributed by atoms with E-state index < -0.39 is 43.0 Å². The molecule has 0 spiro atoms. The van der Waals surface area contributed by atoms with Crippen molar-refractivity contribution >= 4 is 5.91 Å². The second kappa shape index (κ2) is 9.18. The molecular weight excluding hydrogens is 258 g/mol. The summed E-state index contributed by atoms with van der Waals surface area (Å²) < 4.78 is 0. The Kier molecular flexibility index (Phi) is 8.81. The predicted octanol–water partition coefficient (Wildman–Crippen LogP) is -3.30. The van der Waals surface area contributed by atoms with Crippen LogP contribution < -0.4 is 5.32 Å². The molecule has 7 N–H and O–H groups in total. The first-order valence-electron chi connectivity index (χ1n) is 6.15. The van der Waals surface area contributed by atoms with Gasteiger partial charge in [0.1, 0.15) is 24.4 Å². The maximum Gasteiger partial charge on any atom is 0.251 e. The van der Waals surface area contributed by atoms with Gasteiger partial charge < -0.3 is 36.0 Å². The molecule has 0 aliphatic heterocycles. The van der Waals surface area contributed by atoms with E-state index in [-0.39, 0.29) is 0 Å². The highest BCUT2D eigenvalue weighted by Gasteiger charge is 2.36. The van der Waals surface area contributed by atoms with Gasteiger partial charge in [0, 0.05) is 6.54 Å². The molecule has 0 saturated heterocycles. The molecule has 19 heavy (non-hydrogen) atoms. The van der Waals surface area contributed by atoms with Gasteiger partial charge in [-0.05, 0) is 6.42 Å². The maximum absolute atomic E-state index is 11.4. The molecule has 0 aliphatic rings. The smallest absolute Gasteiger partial charge is 0.251 e. The number of aliphatic hydroxyl groups is 6. The lowest BCUT2D eigenvalue weighted by molar-refractivity contribution is -0.156. The molecule has 8 heteroatoms. The van der Waals surface area contributed by atoms with E-state index in [1.807, 2.05) is 6.92 Å². The van der Waals surface area contributed by atoms with E-state index in [1.54, 1.807) is 0 Å². The molecular formula is C11H23NO7. The summed E-state index contributed by atoms with van der Waals surface area (Å²) in [7, 11) is 0. The van der Waals surface area contributed by atoms with Crippen LogP contribution >= 0.6 is 0 Å². The van der Waals surface area contributed by atoms with Crippen LogP contribution in [0.3, 0.4) is 0 Å². The summed E-state index contributed by atoms with van der Waals surface area (Å²) in [5.41, 5.74) is 0. The van der Waals surface area contributed by atoms with Crippen molar-refractivity contribution in [3.05, 3.63) is 0 Å². The van der Waals surface area contributed by atoms with Gasteiger partial charge in [-0.2, -0.15) is 0 Å². The van der Waals surface area contributed by atoms with Gasteiger partial charge in [0.05, 0.1) is 6.61 Å². The zero-order valence-electron chi connectivity index (χ0n) is 10.8. The zero-order chi connectivity index (χ0) is 15.0. The van der Waals surface area contributed by atoms with Crippen LogP contribution in [0.2, 0.25) is 0 Å². The van der Waals surface area contributed by atoms with Crippen molar-refractivity contribution in [2.75, 3.05) is 13.2 Å². The number of hydrogen-bond donors (Lipinski definition) is 7. The molecule has 0 radical (unpaired) electrons. The monoisotopic (exact) mass is 281 g/mol. The summed E-state index contributed by atoms with van der Waals surface area (Å²) in [5, 5.41) is 57.8. The SMILES string of the molecule is CCCCNC(=O)[C@H](O)[C@H](O)[C@H](O)[C@@H](O)[C@@H](O)CO. The fourth-order valence-corrected chi connectivity index (χ4v) is 1.37. The van der Waals surface area contributed by atoms with Crippen molar-refractivity contribution in [2.45, 2.75) is 50.3 Å². The van der Waals surface area contributed by atoms with E-state index in [2.05, 4.69) is 5.32 Å². The van der Waals surface area contributed by atoms with Gasteiger partial charge in [-0.25, -0.2) is 0 Å². The lowest BCUT2D eigenvalue weighted by atomic mass is 9.99. The highest BCUT2D eigenvalue weighted by molar-refractivity contribution is 5.81. The highest BCUT2D eigenvalue weighted by atomic mass is 16.4. The van der Waals surface area contributed by atoms with Gasteiger partial charge in [0.15, 0.2) is 6.10 Å². The van der Waals surface area contributed by atoms with Gasteiger partial charge in [-0.3, -0.25) is 4.79 Å². The summed E-state index contributed by atoms with van der Waals surface area (Å²) in [4.78, 5) is 11.4. The van der Waals surface area contributed by atoms with Crippen molar-refractivity contribution in [1.29, 1.82) is 0 Å². The average Bonchev–Trinajstić information content (AvgIpc) is 2.43. The van der Waals surface area contributed by atoms with Gasteiger partial charge in [-0.1, -0.05) is 13.3 Å². The van der Waals surface area contributed by atoms with E-state index in [0.717, 1.165) is 6.42 Å². The van der Waals surface area contributed by atoms with E-state index in [4.69, 9.17) is 10.2 Å². The Morgan fingerprint density at radius 2 is 1.63 bits per heavy atom. The lowest BCUT2D eigenvalue weighted by Gasteiger charge is -2.27. The lowest BCUT2D eigenvalue weighted by Crippen LogP contribution is -2.54. The Morgan fingerprint density at radius 3 is 2.11 bits per heavy atom. The molecule has 0 aromatic carbocycles. The van der Waals surface area contributed by atoms with E-state index in [9.17, 15) is 25.2 Å². The van der Waals surface area contributed by atoms with Crippen LogP contribution in [-0.2, 0) is 4.79 Å². The van der Waals surface area contributed by atoms with Crippen LogP contribution in [0.5, 0.6) is 0 Å². The standard InChI is InChI=1S/C11H23NO7/c1-2-3-4-12-11(19)10(18)9(17)8(16)7(15)6(14)5-13/h6-10,13-18H,2-5H2,1H3,(H,12,19)/t6-,7-,8+,9+,10+/m0/s1. The number of unbranched alkanes of at least 4 members (excludes halogenated alkanes) is 1. The Labute approximate surface area is 111 Å².